The maximum Gasteiger partial charge on any atom is 0.326 e. The highest BCUT2D eigenvalue weighted by Gasteiger charge is 2.16. The van der Waals surface area contributed by atoms with Gasteiger partial charge in [-0.2, -0.15) is 0 Å². The van der Waals surface area contributed by atoms with E-state index in [4.69, 9.17) is 23.2 Å². The molecular weight excluding hydrogens is 430 g/mol. The Morgan fingerprint density at radius 2 is 1.63 bits per heavy atom. The molecule has 0 unspecified atom stereocenters. The number of hydrogen-bond donors (Lipinski definition) is 3. The van der Waals surface area contributed by atoms with Gasteiger partial charge in [0.25, 0.3) is 0 Å². The summed E-state index contributed by atoms with van der Waals surface area (Å²) < 4.78 is 13.3. The zero-order valence-electron chi connectivity index (χ0n) is 16.7. The molecule has 2 aromatic carbocycles. The molecule has 0 fully saturated rings. The van der Waals surface area contributed by atoms with E-state index in [0.29, 0.717) is 47.5 Å². The second-order valence-electron chi connectivity index (χ2n) is 6.58. The van der Waals surface area contributed by atoms with E-state index in [1.165, 1.54) is 29.2 Å². The number of urea groups is 2. The second-order valence-corrected chi connectivity index (χ2v) is 7.39. The van der Waals surface area contributed by atoms with Crippen molar-refractivity contribution < 1.29 is 14.0 Å². The zero-order valence-corrected chi connectivity index (χ0v) is 18.2. The van der Waals surface area contributed by atoms with E-state index >= 15 is 0 Å². The van der Waals surface area contributed by atoms with Gasteiger partial charge in [0, 0.05) is 31.0 Å². The Bertz CT molecular complexity index is 849. The molecule has 2 rings (SSSR count). The third kappa shape index (κ3) is 7.72. The number of benzene rings is 2. The Hall–Kier alpha value is -2.51. The average molecular weight is 455 g/mol. The predicted octanol–water partition coefficient (Wildman–Crippen LogP) is 5.66. The largest absolute Gasteiger partial charge is 0.338 e. The monoisotopic (exact) mass is 454 g/mol. The molecule has 162 valence electrons. The topological polar surface area (TPSA) is 73.5 Å². The summed E-state index contributed by atoms with van der Waals surface area (Å²) in [5.74, 6) is -0.394. The lowest BCUT2D eigenvalue weighted by atomic mass is 10.2. The minimum Gasteiger partial charge on any atom is -0.338 e. The van der Waals surface area contributed by atoms with Crippen molar-refractivity contribution in [2.24, 2.45) is 0 Å². The molecule has 0 aliphatic carbocycles. The molecule has 3 N–H and O–H groups in total. The van der Waals surface area contributed by atoms with Gasteiger partial charge in [-0.05, 0) is 55.3 Å². The number of nitrogens with zero attached hydrogens (tertiary/aromatic N) is 1. The molecule has 30 heavy (non-hydrogen) atoms. The van der Waals surface area contributed by atoms with Crippen LogP contribution in [-0.4, -0.2) is 31.7 Å². The lowest BCUT2D eigenvalue weighted by Crippen LogP contribution is -2.39. The third-order valence-electron chi connectivity index (χ3n) is 4.21. The van der Waals surface area contributed by atoms with Crippen LogP contribution in [-0.2, 0) is 0 Å². The van der Waals surface area contributed by atoms with Crippen molar-refractivity contribution in [2.45, 2.75) is 26.2 Å². The van der Waals surface area contributed by atoms with Gasteiger partial charge in [-0.15, -0.1) is 0 Å². The second kappa shape index (κ2) is 12.2. The molecule has 2 aromatic rings. The number of amides is 4. The van der Waals surface area contributed by atoms with Crippen LogP contribution in [0, 0.1) is 5.82 Å². The van der Waals surface area contributed by atoms with E-state index in [9.17, 15) is 14.0 Å². The summed E-state index contributed by atoms with van der Waals surface area (Å²) in [6, 6.07) is 9.74. The van der Waals surface area contributed by atoms with E-state index in [1.54, 1.807) is 18.2 Å². The van der Waals surface area contributed by atoms with E-state index < -0.39 is 11.8 Å². The summed E-state index contributed by atoms with van der Waals surface area (Å²) in [5, 5.41) is 8.99. The molecular formula is C21H25Cl2FN4O2. The highest BCUT2D eigenvalue weighted by molar-refractivity contribution is 6.42. The summed E-state index contributed by atoms with van der Waals surface area (Å²) in [6.45, 7) is 3.37. The molecule has 0 saturated carbocycles. The van der Waals surface area contributed by atoms with Gasteiger partial charge in [0.05, 0.1) is 10.0 Å². The smallest absolute Gasteiger partial charge is 0.326 e. The Morgan fingerprint density at radius 3 is 2.27 bits per heavy atom. The molecule has 0 atom stereocenters. The average Bonchev–Trinajstić information content (AvgIpc) is 2.72. The SMILES string of the molecule is CCCCNC(=O)NCCCN(C(=O)Nc1ccc(Cl)c(Cl)c1)c1ccc(F)cc1. The van der Waals surface area contributed by atoms with Gasteiger partial charge >= 0.3 is 12.1 Å². The Morgan fingerprint density at radius 1 is 0.967 bits per heavy atom. The molecule has 6 nitrogen and oxygen atoms in total. The number of unbranched alkanes of at least 4 members (excludes halogenated alkanes) is 1. The van der Waals surface area contributed by atoms with Crippen molar-refractivity contribution in [2.75, 3.05) is 29.9 Å². The van der Waals surface area contributed by atoms with Crippen LogP contribution in [0.4, 0.5) is 25.4 Å². The first kappa shape index (κ1) is 23.8. The van der Waals surface area contributed by atoms with E-state index in [-0.39, 0.29) is 6.03 Å². The zero-order chi connectivity index (χ0) is 21.9. The Balaban J connectivity index is 1.98. The van der Waals surface area contributed by atoms with Crippen molar-refractivity contribution in [3.8, 4) is 0 Å². The predicted molar refractivity (Wildman–Crippen MR) is 120 cm³/mol. The van der Waals surface area contributed by atoms with Gasteiger partial charge in [-0.25, -0.2) is 14.0 Å². The molecule has 9 heteroatoms. The van der Waals surface area contributed by atoms with E-state index in [1.807, 2.05) is 6.92 Å². The lowest BCUT2D eigenvalue weighted by Gasteiger charge is -2.23. The Kier molecular flexibility index (Phi) is 9.70. The molecule has 0 saturated heterocycles. The van der Waals surface area contributed by atoms with Crippen molar-refractivity contribution in [3.63, 3.8) is 0 Å². The van der Waals surface area contributed by atoms with E-state index in [2.05, 4.69) is 16.0 Å². The first-order chi connectivity index (χ1) is 14.4. The van der Waals surface area contributed by atoms with Crippen LogP contribution in [0.3, 0.4) is 0 Å². The van der Waals surface area contributed by atoms with Gasteiger partial charge < -0.3 is 16.0 Å². The fourth-order valence-electron chi connectivity index (χ4n) is 2.61. The Labute approximate surface area is 185 Å². The standard InChI is InChI=1S/C21H25Cl2FN4O2/c1-2-3-11-25-20(29)26-12-4-13-28(17-8-5-15(24)6-9-17)21(30)27-16-7-10-18(22)19(23)14-16/h5-10,14H,2-4,11-13H2,1H3,(H,27,30)(H2,25,26,29). The van der Waals surface area contributed by atoms with Crippen LogP contribution in [0.5, 0.6) is 0 Å². The van der Waals surface area contributed by atoms with Crippen LogP contribution >= 0.6 is 23.2 Å². The molecule has 0 radical (unpaired) electrons. The highest BCUT2D eigenvalue weighted by atomic mass is 35.5. The summed E-state index contributed by atoms with van der Waals surface area (Å²) in [7, 11) is 0. The number of carbonyl (C=O) groups is 2. The van der Waals surface area contributed by atoms with Crippen molar-refractivity contribution >= 4 is 46.6 Å². The molecule has 0 aliphatic rings. The fourth-order valence-corrected chi connectivity index (χ4v) is 2.91. The van der Waals surface area contributed by atoms with Gasteiger partial charge in [-0.1, -0.05) is 36.5 Å². The first-order valence-corrected chi connectivity index (χ1v) is 10.5. The normalized spacial score (nSPS) is 10.4. The van der Waals surface area contributed by atoms with Crippen LogP contribution in [0.2, 0.25) is 10.0 Å². The molecule has 0 spiro atoms. The van der Waals surface area contributed by atoms with Crippen molar-refractivity contribution in [1.82, 2.24) is 10.6 Å². The molecule has 4 amide bonds. The maximum atomic E-state index is 13.3. The van der Waals surface area contributed by atoms with Crippen LogP contribution in [0.1, 0.15) is 26.2 Å². The summed E-state index contributed by atoms with van der Waals surface area (Å²) in [4.78, 5) is 26.0. The molecule has 0 bridgehead atoms. The fraction of sp³-hybridized carbons (Fsp3) is 0.333. The van der Waals surface area contributed by atoms with E-state index in [0.717, 1.165) is 12.8 Å². The minimum absolute atomic E-state index is 0.239. The van der Waals surface area contributed by atoms with Crippen molar-refractivity contribution in [1.29, 1.82) is 0 Å². The molecule has 0 aromatic heterocycles. The number of nitrogens with one attached hydrogen (secondary N) is 3. The molecule has 0 heterocycles. The van der Waals surface area contributed by atoms with Gasteiger partial charge in [0.15, 0.2) is 0 Å². The quantitative estimate of drug-likeness (QED) is 0.427. The number of anilines is 2. The third-order valence-corrected chi connectivity index (χ3v) is 4.95. The van der Waals surface area contributed by atoms with Crippen LogP contribution in [0.25, 0.3) is 0 Å². The summed E-state index contributed by atoms with van der Waals surface area (Å²) in [5.41, 5.74) is 1.01. The summed E-state index contributed by atoms with van der Waals surface area (Å²) in [6.07, 6.45) is 2.43. The molecule has 0 aliphatic heterocycles. The highest BCUT2D eigenvalue weighted by Crippen LogP contribution is 2.25. The number of halogens is 3. The van der Waals surface area contributed by atoms with Gasteiger partial charge in [0.2, 0.25) is 0 Å². The number of rotatable bonds is 9. The number of carbonyl (C=O) groups excluding carboxylic acids is 2. The number of hydrogen-bond acceptors (Lipinski definition) is 2. The summed E-state index contributed by atoms with van der Waals surface area (Å²) >= 11 is 11.9. The van der Waals surface area contributed by atoms with Crippen LogP contribution in [0.15, 0.2) is 42.5 Å². The van der Waals surface area contributed by atoms with Gasteiger partial charge in [-0.3, -0.25) is 4.90 Å². The van der Waals surface area contributed by atoms with Crippen LogP contribution < -0.4 is 20.9 Å². The first-order valence-electron chi connectivity index (χ1n) is 9.71. The van der Waals surface area contributed by atoms with Crippen molar-refractivity contribution in [3.05, 3.63) is 58.3 Å². The maximum absolute atomic E-state index is 13.3. The van der Waals surface area contributed by atoms with Gasteiger partial charge in [0.1, 0.15) is 5.82 Å². The minimum atomic E-state index is -0.410. The lowest BCUT2D eigenvalue weighted by molar-refractivity contribution is 0.240.